The largest absolute Gasteiger partial charge is 0.381 e. The first-order chi connectivity index (χ1) is 6.60. The van der Waals surface area contributed by atoms with Crippen LogP contribution in [-0.4, -0.2) is 43.2 Å². The molecule has 1 heterocycles. The van der Waals surface area contributed by atoms with Gasteiger partial charge in [0.2, 0.25) is 5.91 Å². The van der Waals surface area contributed by atoms with E-state index in [1.807, 2.05) is 7.05 Å². The van der Waals surface area contributed by atoms with Crippen LogP contribution < -0.4 is 5.73 Å². The van der Waals surface area contributed by atoms with Crippen molar-refractivity contribution in [1.29, 1.82) is 0 Å². The molecule has 0 unspecified atom stereocenters. The summed E-state index contributed by atoms with van der Waals surface area (Å²) in [5, 5.41) is 0. The van der Waals surface area contributed by atoms with E-state index < -0.39 is 5.54 Å². The van der Waals surface area contributed by atoms with Crippen LogP contribution in [0.4, 0.5) is 0 Å². The SMILES string of the molecule is CCCN(C)C(=O)C1(N)CCOCC1. The van der Waals surface area contributed by atoms with Crippen LogP contribution in [-0.2, 0) is 9.53 Å². The molecule has 1 aliphatic rings. The van der Waals surface area contributed by atoms with Gasteiger partial charge in [0, 0.05) is 26.8 Å². The Balaban J connectivity index is 2.56. The van der Waals surface area contributed by atoms with E-state index in [1.165, 1.54) is 0 Å². The van der Waals surface area contributed by atoms with Crippen molar-refractivity contribution in [2.45, 2.75) is 31.7 Å². The number of nitrogens with zero attached hydrogens (tertiary/aromatic N) is 1. The maximum Gasteiger partial charge on any atom is 0.242 e. The molecule has 0 aromatic carbocycles. The zero-order valence-electron chi connectivity index (χ0n) is 9.08. The van der Waals surface area contributed by atoms with E-state index in [0.717, 1.165) is 13.0 Å². The van der Waals surface area contributed by atoms with Gasteiger partial charge < -0.3 is 15.4 Å². The van der Waals surface area contributed by atoms with E-state index >= 15 is 0 Å². The third-order valence-corrected chi connectivity index (χ3v) is 2.72. The molecule has 0 spiro atoms. The number of likely N-dealkylation sites (N-methyl/N-ethyl adjacent to an activating group) is 1. The normalized spacial score (nSPS) is 20.5. The quantitative estimate of drug-likeness (QED) is 0.715. The molecular formula is C10H20N2O2. The smallest absolute Gasteiger partial charge is 0.242 e. The van der Waals surface area contributed by atoms with Gasteiger partial charge >= 0.3 is 0 Å². The van der Waals surface area contributed by atoms with Crippen LogP contribution in [0.2, 0.25) is 0 Å². The van der Waals surface area contributed by atoms with E-state index in [2.05, 4.69) is 6.92 Å². The average Bonchev–Trinajstić information content (AvgIpc) is 2.18. The molecule has 1 amide bonds. The standard InChI is InChI=1S/C10H20N2O2/c1-3-6-12(2)9(13)10(11)4-7-14-8-5-10/h3-8,11H2,1-2H3. The van der Waals surface area contributed by atoms with E-state index in [-0.39, 0.29) is 5.91 Å². The van der Waals surface area contributed by atoms with Crippen LogP contribution in [0.25, 0.3) is 0 Å². The average molecular weight is 200 g/mol. The van der Waals surface area contributed by atoms with E-state index in [9.17, 15) is 4.79 Å². The van der Waals surface area contributed by atoms with Crippen LogP contribution >= 0.6 is 0 Å². The van der Waals surface area contributed by atoms with Gasteiger partial charge in [-0.05, 0) is 19.3 Å². The van der Waals surface area contributed by atoms with Gasteiger partial charge in [-0.1, -0.05) is 6.92 Å². The number of hydrogen-bond donors (Lipinski definition) is 1. The molecule has 1 rings (SSSR count). The molecule has 1 fully saturated rings. The molecule has 0 bridgehead atoms. The van der Waals surface area contributed by atoms with Crippen LogP contribution in [0.3, 0.4) is 0 Å². The third-order valence-electron chi connectivity index (χ3n) is 2.72. The second-order valence-electron chi connectivity index (χ2n) is 4.00. The van der Waals surface area contributed by atoms with Crippen LogP contribution in [0.15, 0.2) is 0 Å². The Morgan fingerprint density at radius 1 is 1.50 bits per heavy atom. The predicted molar refractivity (Wildman–Crippen MR) is 54.9 cm³/mol. The van der Waals surface area contributed by atoms with Gasteiger partial charge in [-0.3, -0.25) is 4.79 Å². The fourth-order valence-electron chi connectivity index (χ4n) is 1.77. The fourth-order valence-corrected chi connectivity index (χ4v) is 1.77. The molecule has 0 saturated carbocycles. The molecular weight excluding hydrogens is 180 g/mol. The minimum atomic E-state index is -0.678. The van der Waals surface area contributed by atoms with Crippen molar-refractivity contribution < 1.29 is 9.53 Å². The maximum atomic E-state index is 12.0. The molecule has 0 radical (unpaired) electrons. The van der Waals surface area contributed by atoms with Gasteiger partial charge in [0.1, 0.15) is 0 Å². The molecule has 1 saturated heterocycles. The van der Waals surface area contributed by atoms with Gasteiger partial charge in [0.25, 0.3) is 0 Å². The highest BCUT2D eigenvalue weighted by atomic mass is 16.5. The minimum Gasteiger partial charge on any atom is -0.381 e. The Kier molecular flexibility index (Phi) is 3.89. The number of amides is 1. The zero-order chi connectivity index (χ0) is 10.6. The lowest BCUT2D eigenvalue weighted by atomic mass is 9.90. The highest BCUT2D eigenvalue weighted by molar-refractivity contribution is 5.86. The van der Waals surface area contributed by atoms with E-state index in [4.69, 9.17) is 10.5 Å². The summed E-state index contributed by atoms with van der Waals surface area (Å²) in [7, 11) is 1.82. The Hall–Kier alpha value is -0.610. The first kappa shape index (κ1) is 11.5. The first-order valence-corrected chi connectivity index (χ1v) is 5.22. The number of carbonyl (C=O) groups is 1. The fraction of sp³-hybridized carbons (Fsp3) is 0.900. The molecule has 0 aliphatic carbocycles. The molecule has 1 aliphatic heterocycles. The Morgan fingerprint density at radius 3 is 2.57 bits per heavy atom. The number of carbonyl (C=O) groups excluding carboxylic acids is 1. The highest BCUT2D eigenvalue weighted by Crippen LogP contribution is 2.19. The molecule has 0 aromatic heterocycles. The van der Waals surface area contributed by atoms with Gasteiger partial charge in [-0.25, -0.2) is 0 Å². The predicted octanol–water partition coefficient (Wildman–Crippen LogP) is 0.363. The molecule has 0 aromatic rings. The van der Waals surface area contributed by atoms with Crippen molar-refractivity contribution >= 4 is 5.91 Å². The lowest BCUT2D eigenvalue weighted by Gasteiger charge is -2.35. The van der Waals surface area contributed by atoms with Gasteiger partial charge in [-0.15, -0.1) is 0 Å². The number of ether oxygens (including phenoxy) is 1. The van der Waals surface area contributed by atoms with Crippen molar-refractivity contribution in [1.82, 2.24) is 4.90 Å². The Bertz CT molecular complexity index is 200. The number of nitrogens with two attached hydrogens (primary N) is 1. The van der Waals surface area contributed by atoms with Gasteiger partial charge in [0.15, 0.2) is 0 Å². The summed E-state index contributed by atoms with van der Waals surface area (Å²) in [5.41, 5.74) is 5.38. The monoisotopic (exact) mass is 200 g/mol. The van der Waals surface area contributed by atoms with Crippen LogP contribution in [0.5, 0.6) is 0 Å². The highest BCUT2D eigenvalue weighted by Gasteiger charge is 2.37. The first-order valence-electron chi connectivity index (χ1n) is 5.22. The Labute approximate surface area is 85.4 Å². The molecule has 4 heteroatoms. The maximum absolute atomic E-state index is 12.0. The molecule has 14 heavy (non-hydrogen) atoms. The van der Waals surface area contributed by atoms with Gasteiger partial charge in [0.05, 0.1) is 5.54 Å². The number of rotatable bonds is 3. The van der Waals surface area contributed by atoms with Crippen molar-refractivity contribution in [2.24, 2.45) is 5.73 Å². The number of hydrogen-bond acceptors (Lipinski definition) is 3. The Morgan fingerprint density at radius 2 is 2.07 bits per heavy atom. The summed E-state index contributed by atoms with van der Waals surface area (Å²) >= 11 is 0. The van der Waals surface area contributed by atoms with Crippen molar-refractivity contribution in [3.05, 3.63) is 0 Å². The van der Waals surface area contributed by atoms with E-state index in [0.29, 0.717) is 26.1 Å². The van der Waals surface area contributed by atoms with E-state index in [1.54, 1.807) is 4.90 Å². The van der Waals surface area contributed by atoms with Crippen molar-refractivity contribution in [3.8, 4) is 0 Å². The zero-order valence-corrected chi connectivity index (χ0v) is 9.08. The minimum absolute atomic E-state index is 0.0580. The molecule has 4 nitrogen and oxygen atoms in total. The topological polar surface area (TPSA) is 55.6 Å². The molecule has 2 N–H and O–H groups in total. The summed E-state index contributed by atoms with van der Waals surface area (Å²) in [6.07, 6.45) is 2.24. The second kappa shape index (κ2) is 4.75. The van der Waals surface area contributed by atoms with Crippen LogP contribution in [0, 0.1) is 0 Å². The summed E-state index contributed by atoms with van der Waals surface area (Å²) in [6.45, 7) is 4.03. The lowest BCUT2D eigenvalue weighted by Crippen LogP contribution is -2.57. The third kappa shape index (κ3) is 2.45. The van der Waals surface area contributed by atoms with Crippen LogP contribution in [0.1, 0.15) is 26.2 Å². The molecule has 82 valence electrons. The summed E-state index contributed by atoms with van der Waals surface area (Å²) in [4.78, 5) is 13.7. The summed E-state index contributed by atoms with van der Waals surface area (Å²) in [6, 6.07) is 0. The lowest BCUT2D eigenvalue weighted by molar-refractivity contribution is -0.139. The molecule has 0 atom stereocenters. The second-order valence-corrected chi connectivity index (χ2v) is 4.00. The summed E-state index contributed by atoms with van der Waals surface area (Å²) in [5.74, 6) is 0.0580. The van der Waals surface area contributed by atoms with Crippen molar-refractivity contribution in [3.63, 3.8) is 0 Å². The summed E-state index contributed by atoms with van der Waals surface area (Å²) < 4.78 is 5.20. The van der Waals surface area contributed by atoms with Crippen molar-refractivity contribution in [2.75, 3.05) is 26.8 Å². The van der Waals surface area contributed by atoms with Gasteiger partial charge in [-0.2, -0.15) is 0 Å².